The molecule has 1 saturated heterocycles. The van der Waals surface area contributed by atoms with E-state index in [0.717, 1.165) is 32.8 Å². The Kier molecular flexibility index (Phi) is 6.87. The predicted octanol–water partition coefficient (Wildman–Crippen LogP) is 2.78. The lowest BCUT2D eigenvalue weighted by Crippen LogP contribution is -2.49. The maximum absolute atomic E-state index is 5.67. The number of nitrogens with zero attached hydrogens (tertiary/aromatic N) is 1. The molecule has 0 saturated carbocycles. The van der Waals surface area contributed by atoms with Crippen molar-refractivity contribution < 1.29 is 4.74 Å². The van der Waals surface area contributed by atoms with Crippen molar-refractivity contribution in [2.24, 2.45) is 5.92 Å². The summed E-state index contributed by atoms with van der Waals surface area (Å²) in [5.41, 5.74) is 1.40. The van der Waals surface area contributed by atoms with Crippen molar-refractivity contribution in [2.45, 2.75) is 25.9 Å². The van der Waals surface area contributed by atoms with E-state index in [1.54, 1.807) is 11.9 Å². The number of benzene rings is 1. The van der Waals surface area contributed by atoms with Gasteiger partial charge in [0.05, 0.1) is 6.61 Å². The highest BCUT2D eigenvalue weighted by atomic mass is 32.2. The van der Waals surface area contributed by atoms with Crippen LogP contribution in [0.1, 0.15) is 18.9 Å². The number of likely N-dealkylation sites (tertiary alicyclic amines) is 1. The highest BCUT2D eigenvalue weighted by Gasteiger charge is 2.28. The molecule has 0 bridgehead atoms. The fraction of sp³-hybridized carbons (Fsp3) is 0.625. The lowest BCUT2D eigenvalue weighted by molar-refractivity contribution is 0.0507. The van der Waals surface area contributed by atoms with Gasteiger partial charge in [0.25, 0.3) is 0 Å². The summed E-state index contributed by atoms with van der Waals surface area (Å²) in [4.78, 5) is 2.55. The fourth-order valence-electron chi connectivity index (χ4n) is 2.84. The van der Waals surface area contributed by atoms with Gasteiger partial charge in [-0.2, -0.15) is 0 Å². The molecule has 1 fully saturated rings. The molecule has 2 rings (SSSR count). The molecule has 0 aromatic heterocycles. The van der Waals surface area contributed by atoms with Crippen LogP contribution in [0.25, 0.3) is 0 Å². The molecule has 0 radical (unpaired) electrons. The Balaban J connectivity index is 1.90. The molecule has 1 aromatic carbocycles. The normalized spacial score (nSPS) is 23.9. The molecule has 1 aliphatic heterocycles. The van der Waals surface area contributed by atoms with E-state index in [0.29, 0.717) is 12.0 Å². The molecular formula is C16H26N2OS. The van der Waals surface area contributed by atoms with Crippen LogP contribution >= 0.6 is 11.9 Å². The molecule has 20 heavy (non-hydrogen) atoms. The zero-order valence-corrected chi connectivity index (χ0v) is 13.4. The van der Waals surface area contributed by atoms with Gasteiger partial charge in [0.15, 0.2) is 0 Å². The highest BCUT2D eigenvalue weighted by molar-refractivity contribution is 7.96. The minimum Gasteiger partial charge on any atom is -0.381 e. The molecule has 112 valence electrons. The van der Waals surface area contributed by atoms with Gasteiger partial charge in [-0.15, -0.1) is 0 Å². The zero-order chi connectivity index (χ0) is 14.2. The largest absolute Gasteiger partial charge is 0.381 e. The van der Waals surface area contributed by atoms with Crippen molar-refractivity contribution in [1.82, 2.24) is 9.62 Å². The molecule has 1 N–H and O–H groups in total. The Morgan fingerprint density at radius 3 is 2.85 bits per heavy atom. The topological polar surface area (TPSA) is 24.5 Å². The fourth-order valence-corrected chi connectivity index (χ4v) is 3.45. The molecule has 4 heteroatoms. The first-order valence-corrected chi connectivity index (χ1v) is 8.68. The molecule has 0 spiro atoms. The van der Waals surface area contributed by atoms with Crippen LogP contribution in [-0.4, -0.2) is 43.5 Å². The minimum atomic E-state index is 0.573. The summed E-state index contributed by atoms with van der Waals surface area (Å²) in [5.74, 6) is 0.583. The second kappa shape index (κ2) is 8.67. The summed E-state index contributed by atoms with van der Waals surface area (Å²) in [5, 5.41) is 0. The van der Waals surface area contributed by atoms with E-state index in [1.807, 2.05) is 0 Å². The van der Waals surface area contributed by atoms with Crippen LogP contribution in [0, 0.1) is 5.92 Å². The molecule has 0 aliphatic carbocycles. The van der Waals surface area contributed by atoms with Gasteiger partial charge in [-0.05, 0) is 25.2 Å². The quantitative estimate of drug-likeness (QED) is 0.782. The van der Waals surface area contributed by atoms with Crippen molar-refractivity contribution in [3.8, 4) is 0 Å². The summed E-state index contributed by atoms with van der Waals surface area (Å²) in [7, 11) is 0. The Bertz CT molecular complexity index is 374. The Labute approximate surface area is 127 Å². The van der Waals surface area contributed by atoms with Gasteiger partial charge in [0.1, 0.15) is 0 Å². The van der Waals surface area contributed by atoms with Crippen LogP contribution in [0.2, 0.25) is 0 Å². The predicted molar refractivity (Wildman–Crippen MR) is 86.8 cm³/mol. The third-order valence-corrected chi connectivity index (χ3v) is 4.41. The van der Waals surface area contributed by atoms with Crippen molar-refractivity contribution in [3.63, 3.8) is 0 Å². The Morgan fingerprint density at radius 1 is 1.35 bits per heavy atom. The maximum Gasteiger partial charge on any atom is 0.0521 e. The lowest BCUT2D eigenvalue weighted by Gasteiger charge is -2.38. The number of hydrogen-bond donors (Lipinski definition) is 1. The smallest absolute Gasteiger partial charge is 0.0521 e. The molecule has 2 atom stereocenters. The molecule has 2 unspecified atom stereocenters. The van der Waals surface area contributed by atoms with Gasteiger partial charge in [0.2, 0.25) is 0 Å². The zero-order valence-electron chi connectivity index (χ0n) is 12.5. The number of piperidine rings is 1. The van der Waals surface area contributed by atoms with E-state index < -0.39 is 0 Å². The van der Waals surface area contributed by atoms with Crippen molar-refractivity contribution in [1.29, 1.82) is 0 Å². The van der Waals surface area contributed by atoms with Crippen LogP contribution in [-0.2, 0) is 11.3 Å². The molecule has 1 aliphatic rings. The van der Waals surface area contributed by atoms with Crippen LogP contribution < -0.4 is 4.72 Å². The highest BCUT2D eigenvalue weighted by Crippen LogP contribution is 2.21. The van der Waals surface area contributed by atoms with E-state index in [4.69, 9.17) is 4.74 Å². The monoisotopic (exact) mass is 294 g/mol. The van der Waals surface area contributed by atoms with Gasteiger partial charge >= 0.3 is 0 Å². The SMILES string of the molecule is CCOCC1CN(Cc2ccccc2)CCC1NSC. The third kappa shape index (κ3) is 4.77. The molecule has 1 heterocycles. The van der Waals surface area contributed by atoms with E-state index in [-0.39, 0.29) is 0 Å². The second-order valence-electron chi connectivity index (χ2n) is 5.36. The molecule has 0 amide bonds. The second-order valence-corrected chi connectivity index (χ2v) is 6.00. The van der Waals surface area contributed by atoms with Crippen molar-refractivity contribution >= 4 is 11.9 Å². The molecular weight excluding hydrogens is 268 g/mol. The molecule has 3 nitrogen and oxygen atoms in total. The maximum atomic E-state index is 5.67. The van der Waals surface area contributed by atoms with Crippen molar-refractivity contribution in [3.05, 3.63) is 35.9 Å². The van der Waals surface area contributed by atoms with E-state index in [9.17, 15) is 0 Å². The van der Waals surface area contributed by atoms with Gasteiger partial charge in [-0.25, -0.2) is 0 Å². The first-order chi connectivity index (χ1) is 9.83. The molecule has 1 aromatic rings. The van der Waals surface area contributed by atoms with Gasteiger partial charge < -0.3 is 4.74 Å². The number of ether oxygens (including phenoxy) is 1. The number of nitrogens with one attached hydrogen (secondary N) is 1. The van der Waals surface area contributed by atoms with Crippen molar-refractivity contribution in [2.75, 3.05) is 32.6 Å². The van der Waals surface area contributed by atoms with E-state index >= 15 is 0 Å². The summed E-state index contributed by atoms with van der Waals surface area (Å²) >= 11 is 1.73. The van der Waals surface area contributed by atoms with Crippen LogP contribution in [0.15, 0.2) is 30.3 Å². The number of hydrogen-bond acceptors (Lipinski definition) is 4. The summed E-state index contributed by atoms with van der Waals surface area (Å²) < 4.78 is 9.21. The van der Waals surface area contributed by atoms with Crippen LogP contribution in [0.5, 0.6) is 0 Å². The number of rotatable bonds is 7. The average molecular weight is 294 g/mol. The first kappa shape index (κ1) is 15.8. The van der Waals surface area contributed by atoms with Gasteiger partial charge in [0, 0.05) is 38.2 Å². The van der Waals surface area contributed by atoms with E-state index in [2.05, 4.69) is 53.1 Å². The van der Waals surface area contributed by atoms with Gasteiger partial charge in [-0.3, -0.25) is 9.62 Å². The summed E-state index contributed by atoms with van der Waals surface area (Å²) in [6.07, 6.45) is 3.31. The Hall–Kier alpha value is -0.550. The van der Waals surface area contributed by atoms with Gasteiger partial charge in [-0.1, -0.05) is 42.3 Å². The lowest BCUT2D eigenvalue weighted by atomic mass is 9.93. The minimum absolute atomic E-state index is 0.573. The average Bonchev–Trinajstić information content (AvgIpc) is 2.48. The third-order valence-electron chi connectivity index (χ3n) is 3.87. The van der Waals surface area contributed by atoms with E-state index in [1.165, 1.54) is 12.0 Å². The first-order valence-electron chi connectivity index (χ1n) is 7.46. The summed E-state index contributed by atoms with van der Waals surface area (Å²) in [6, 6.07) is 11.3. The van der Waals surface area contributed by atoms with Crippen LogP contribution in [0.4, 0.5) is 0 Å². The standard InChI is InChI=1S/C16H26N2OS/c1-3-19-13-15-12-18(10-9-16(15)17-20-2)11-14-7-5-4-6-8-14/h4-8,15-17H,3,9-13H2,1-2H3. The summed E-state index contributed by atoms with van der Waals surface area (Å²) in [6.45, 7) is 7.07. The Morgan fingerprint density at radius 2 is 2.15 bits per heavy atom. The van der Waals surface area contributed by atoms with Crippen LogP contribution in [0.3, 0.4) is 0 Å².